The van der Waals surface area contributed by atoms with Crippen LogP contribution in [0.25, 0.3) is 11.1 Å². The number of imide groups is 1. The predicted octanol–water partition coefficient (Wildman–Crippen LogP) is 4.25. The quantitative estimate of drug-likeness (QED) is 0.440. The van der Waals surface area contributed by atoms with E-state index in [1.807, 2.05) is 54.6 Å². The zero-order valence-electron chi connectivity index (χ0n) is 20.5. The number of hydrogen-bond acceptors (Lipinski definition) is 5. The highest BCUT2D eigenvalue weighted by Crippen LogP contribution is 2.33. The number of rotatable bonds is 9. The summed E-state index contributed by atoms with van der Waals surface area (Å²) in [5.41, 5.74) is 2.19. The molecule has 8 heteroatoms. The second kappa shape index (κ2) is 10.5. The van der Waals surface area contributed by atoms with Crippen molar-refractivity contribution < 1.29 is 23.9 Å². The first-order valence-electron chi connectivity index (χ1n) is 11.6. The molecule has 1 saturated heterocycles. The summed E-state index contributed by atoms with van der Waals surface area (Å²) in [6, 6.07) is 21.9. The third kappa shape index (κ3) is 5.33. The number of ether oxygens (including phenoxy) is 2. The summed E-state index contributed by atoms with van der Waals surface area (Å²) in [6.45, 7) is 1.31. The maximum atomic E-state index is 13.1. The van der Waals surface area contributed by atoms with Crippen LogP contribution in [0.2, 0.25) is 0 Å². The second-order valence-corrected chi connectivity index (χ2v) is 8.83. The Morgan fingerprint density at radius 3 is 2.36 bits per heavy atom. The van der Waals surface area contributed by atoms with E-state index in [1.165, 1.54) is 0 Å². The van der Waals surface area contributed by atoms with Crippen LogP contribution in [-0.4, -0.2) is 49.0 Å². The molecule has 2 N–H and O–H groups in total. The van der Waals surface area contributed by atoms with Crippen molar-refractivity contribution in [3.8, 4) is 22.6 Å². The lowest BCUT2D eigenvalue weighted by atomic mass is 9.93. The summed E-state index contributed by atoms with van der Waals surface area (Å²) < 4.78 is 10.7. The maximum absolute atomic E-state index is 13.1. The number of amides is 4. The van der Waals surface area contributed by atoms with E-state index in [9.17, 15) is 14.4 Å². The fourth-order valence-corrected chi connectivity index (χ4v) is 4.23. The SMILES string of the molecule is COc1ccc(-c2cc(NC(=O)CN3C(=O)NC(C)(CCc4ccccc4)C3=O)ccc2OC)cc1. The lowest BCUT2D eigenvalue weighted by Crippen LogP contribution is -2.45. The van der Waals surface area contributed by atoms with Crippen molar-refractivity contribution in [3.63, 3.8) is 0 Å². The van der Waals surface area contributed by atoms with Crippen molar-refractivity contribution in [2.75, 3.05) is 26.1 Å². The number of urea groups is 1. The van der Waals surface area contributed by atoms with E-state index < -0.39 is 23.4 Å². The first kappa shape index (κ1) is 24.8. The van der Waals surface area contributed by atoms with Crippen LogP contribution < -0.4 is 20.1 Å². The van der Waals surface area contributed by atoms with Gasteiger partial charge in [-0.2, -0.15) is 0 Å². The molecule has 186 valence electrons. The van der Waals surface area contributed by atoms with Gasteiger partial charge in [-0.25, -0.2) is 4.79 Å². The molecule has 0 aromatic heterocycles. The fraction of sp³-hybridized carbons (Fsp3) is 0.250. The average Bonchev–Trinajstić information content (AvgIpc) is 3.11. The number of carbonyl (C=O) groups excluding carboxylic acids is 3. The molecule has 3 aromatic carbocycles. The maximum Gasteiger partial charge on any atom is 0.325 e. The van der Waals surface area contributed by atoms with Crippen LogP contribution in [0, 0.1) is 0 Å². The minimum Gasteiger partial charge on any atom is -0.497 e. The van der Waals surface area contributed by atoms with Crippen molar-refractivity contribution in [1.29, 1.82) is 0 Å². The highest BCUT2D eigenvalue weighted by molar-refractivity contribution is 6.10. The van der Waals surface area contributed by atoms with Gasteiger partial charge in [0.25, 0.3) is 5.91 Å². The number of aryl methyl sites for hydroxylation is 1. The van der Waals surface area contributed by atoms with Gasteiger partial charge in [-0.3, -0.25) is 14.5 Å². The van der Waals surface area contributed by atoms with Crippen LogP contribution in [0.3, 0.4) is 0 Å². The minimum atomic E-state index is -1.06. The normalized spacial score (nSPS) is 17.0. The fourth-order valence-electron chi connectivity index (χ4n) is 4.23. The molecule has 1 aliphatic rings. The van der Waals surface area contributed by atoms with Crippen LogP contribution in [0.15, 0.2) is 72.8 Å². The van der Waals surface area contributed by atoms with Gasteiger partial charge in [0.2, 0.25) is 5.91 Å². The number of anilines is 1. The van der Waals surface area contributed by atoms with Gasteiger partial charge >= 0.3 is 6.03 Å². The molecular formula is C28H29N3O5. The van der Waals surface area contributed by atoms with E-state index in [0.29, 0.717) is 24.3 Å². The van der Waals surface area contributed by atoms with Gasteiger partial charge in [-0.05, 0) is 61.2 Å². The van der Waals surface area contributed by atoms with Crippen molar-refractivity contribution >= 4 is 23.5 Å². The molecule has 36 heavy (non-hydrogen) atoms. The largest absolute Gasteiger partial charge is 0.497 e. The Bertz CT molecular complexity index is 1260. The van der Waals surface area contributed by atoms with E-state index in [0.717, 1.165) is 27.3 Å². The molecule has 1 heterocycles. The van der Waals surface area contributed by atoms with Crippen LogP contribution in [-0.2, 0) is 16.0 Å². The number of nitrogens with zero attached hydrogens (tertiary/aromatic N) is 1. The Morgan fingerprint density at radius 2 is 1.69 bits per heavy atom. The molecule has 4 amide bonds. The smallest absolute Gasteiger partial charge is 0.325 e. The second-order valence-electron chi connectivity index (χ2n) is 8.83. The van der Waals surface area contributed by atoms with E-state index in [2.05, 4.69) is 10.6 Å². The molecule has 8 nitrogen and oxygen atoms in total. The van der Waals surface area contributed by atoms with Crippen molar-refractivity contribution in [1.82, 2.24) is 10.2 Å². The van der Waals surface area contributed by atoms with Crippen LogP contribution in [0.5, 0.6) is 11.5 Å². The van der Waals surface area contributed by atoms with E-state index in [1.54, 1.807) is 39.3 Å². The van der Waals surface area contributed by atoms with Gasteiger partial charge in [0.05, 0.1) is 14.2 Å². The first-order valence-corrected chi connectivity index (χ1v) is 11.6. The predicted molar refractivity (Wildman–Crippen MR) is 137 cm³/mol. The zero-order chi connectivity index (χ0) is 25.7. The standard InChI is InChI=1S/C28H29N3O5/c1-28(16-15-19-7-5-4-6-8-19)26(33)31(27(34)30-28)18-25(32)29-21-11-14-24(36-3)23(17-21)20-9-12-22(35-2)13-10-20/h4-14,17H,15-16,18H2,1-3H3,(H,29,32)(H,30,34). The lowest BCUT2D eigenvalue weighted by Gasteiger charge is -2.21. The Hall–Kier alpha value is -4.33. The number of hydrogen-bond donors (Lipinski definition) is 2. The molecule has 0 saturated carbocycles. The lowest BCUT2D eigenvalue weighted by molar-refractivity contribution is -0.133. The van der Waals surface area contributed by atoms with Gasteiger partial charge in [0, 0.05) is 11.3 Å². The highest BCUT2D eigenvalue weighted by atomic mass is 16.5. The van der Waals surface area contributed by atoms with Gasteiger partial charge in [0.1, 0.15) is 23.6 Å². The first-order chi connectivity index (χ1) is 17.3. The molecule has 4 rings (SSSR count). The number of methoxy groups -OCH3 is 2. The van der Waals surface area contributed by atoms with Crippen LogP contribution in [0.4, 0.5) is 10.5 Å². The summed E-state index contributed by atoms with van der Waals surface area (Å²) in [7, 11) is 3.18. The zero-order valence-corrected chi connectivity index (χ0v) is 20.5. The van der Waals surface area contributed by atoms with E-state index in [-0.39, 0.29) is 6.54 Å². The van der Waals surface area contributed by atoms with Gasteiger partial charge in [0.15, 0.2) is 0 Å². The molecule has 1 aliphatic heterocycles. The number of nitrogens with one attached hydrogen (secondary N) is 2. The third-order valence-corrected chi connectivity index (χ3v) is 6.29. The monoisotopic (exact) mass is 487 g/mol. The molecule has 0 spiro atoms. The Labute approximate surface area is 210 Å². The van der Waals surface area contributed by atoms with Crippen LogP contribution >= 0.6 is 0 Å². The Kier molecular flexibility index (Phi) is 7.24. The van der Waals surface area contributed by atoms with Crippen LogP contribution in [0.1, 0.15) is 18.9 Å². The summed E-state index contributed by atoms with van der Waals surface area (Å²) in [5, 5.41) is 5.54. The summed E-state index contributed by atoms with van der Waals surface area (Å²) in [6.07, 6.45) is 1.06. The summed E-state index contributed by atoms with van der Waals surface area (Å²) >= 11 is 0. The van der Waals surface area contributed by atoms with Crippen molar-refractivity contribution in [2.45, 2.75) is 25.3 Å². The van der Waals surface area contributed by atoms with Crippen molar-refractivity contribution in [2.24, 2.45) is 0 Å². The molecule has 1 unspecified atom stereocenters. The molecule has 0 aliphatic carbocycles. The average molecular weight is 488 g/mol. The van der Waals surface area contributed by atoms with E-state index >= 15 is 0 Å². The third-order valence-electron chi connectivity index (χ3n) is 6.29. The number of benzene rings is 3. The van der Waals surface area contributed by atoms with Gasteiger partial charge < -0.3 is 20.1 Å². The molecule has 0 radical (unpaired) electrons. The molecular weight excluding hydrogens is 458 g/mol. The number of carbonyl (C=O) groups is 3. The Balaban J connectivity index is 1.43. The minimum absolute atomic E-state index is 0.379. The summed E-state index contributed by atoms with van der Waals surface area (Å²) in [4.78, 5) is 39.4. The molecule has 3 aromatic rings. The highest BCUT2D eigenvalue weighted by Gasteiger charge is 2.47. The van der Waals surface area contributed by atoms with Crippen molar-refractivity contribution in [3.05, 3.63) is 78.4 Å². The van der Waals surface area contributed by atoms with E-state index in [4.69, 9.17) is 9.47 Å². The van der Waals surface area contributed by atoms with Gasteiger partial charge in [-0.1, -0.05) is 42.5 Å². The molecule has 1 atom stereocenters. The summed E-state index contributed by atoms with van der Waals surface area (Å²) in [5.74, 6) is 0.483. The Morgan fingerprint density at radius 1 is 0.972 bits per heavy atom. The molecule has 1 fully saturated rings. The topological polar surface area (TPSA) is 97.0 Å². The van der Waals surface area contributed by atoms with Gasteiger partial charge in [-0.15, -0.1) is 0 Å². The molecule has 0 bridgehead atoms.